The molecule has 1 aromatic rings. The molecule has 1 rings (SSSR count). The molecule has 0 radical (unpaired) electrons. The number of hydrogen-bond acceptors (Lipinski definition) is 5. The average molecular weight is 205 g/mol. The van der Waals surface area contributed by atoms with Gasteiger partial charge >= 0.3 is 5.97 Å². The second-order valence-corrected chi connectivity index (χ2v) is 2.85. The third-order valence-electron chi connectivity index (χ3n) is 1.81. The summed E-state index contributed by atoms with van der Waals surface area (Å²) in [7, 11) is 1.30. The number of nitrogens with zero attached hydrogens (tertiary/aromatic N) is 1. The van der Waals surface area contributed by atoms with E-state index < -0.39 is 5.97 Å². The number of benzene rings is 1. The number of nitriles is 1. The van der Waals surface area contributed by atoms with Crippen LogP contribution in [0.3, 0.4) is 0 Å². The van der Waals surface area contributed by atoms with Gasteiger partial charge < -0.3 is 15.8 Å². The van der Waals surface area contributed by atoms with E-state index in [-0.39, 0.29) is 6.54 Å². The highest BCUT2D eigenvalue weighted by Gasteiger charge is 2.04. The molecule has 0 spiro atoms. The fourth-order valence-corrected chi connectivity index (χ4v) is 1.05. The van der Waals surface area contributed by atoms with Gasteiger partial charge in [-0.2, -0.15) is 5.26 Å². The highest BCUT2D eigenvalue weighted by atomic mass is 16.5. The van der Waals surface area contributed by atoms with E-state index in [1.807, 2.05) is 6.07 Å². The molecular weight excluding hydrogens is 194 g/mol. The standard InChI is InChI=1S/C10H11N3O2/c1-15-10(14)6-13-9-4-8(12)3-2-7(9)5-11/h2-4,13H,6,12H2,1H3. The SMILES string of the molecule is COC(=O)CNc1cc(N)ccc1C#N. The second kappa shape index (κ2) is 4.86. The van der Waals surface area contributed by atoms with Gasteiger partial charge in [0.2, 0.25) is 0 Å². The van der Waals surface area contributed by atoms with Crippen molar-refractivity contribution in [2.45, 2.75) is 0 Å². The van der Waals surface area contributed by atoms with E-state index >= 15 is 0 Å². The van der Waals surface area contributed by atoms with E-state index in [2.05, 4.69) is 10.1 Å². The minimum absolute atomic E-state index is 0.00856. The van der Waals surface area contributed by atoms with Crippen LogP contribution in [-0.2, 0) is 9.53 Å². The molecule has 78 valence electrons. The largest absolute Gasteiger partial charge is 0.468 e. The van der Waals surface area contributed by atoms with Gasteiger partial charge in [-0.15, -0.1) is 0 Å². The number of hydrogen-bond donors (Lipinski definition) is 2. The smallest absolute Gasteiger partial charge is 0.325 e. The lowest BCUT2D eigenvalue weighted by Crippen LogP contribution is -2.15. The molecule has 5 heteroatoms. The first-order valence-electron chi connectivity index (χ1n) is 4.27. The van der Waals surface area contributed by atoms with Gasteiger partial charge in [0.15, 0.2) is 0 Å². The van der Waals surface area contributed by atoms with Crippen molar-refractivity contribution in [3.8, 4) is 6.07 Å². The predicted molar refractivity (Wildman–Crippen MR) is 56.1 cm³/mol. The maximum Gasteiger partial charge on any atom is 0.325 e. The van der Waals surface area contributed by atoms with Gasteiger partial charge in [0.05, 0.1) is 18.4 Å². The minimum Gasteiger partial charge on any atom is -0.468 e. The number of anilines is 2. The van der Waals surface area contributed by atoms with Gasteiger partial charge in [-0.1, -0.05) is 0 Å². The lowest BCUT2D eigenvalue weighted by atomic mass is 10.2. The number of ether oxygens (including phenoxy) is 1. The van der Waals surface area contributed by atoms with E-state index in [4.69, 9.17) is 11.0 Å². The van der Waals surface area contributed by atoms with Gasteiger partial charge in [0.1, 0.15) is 12.6 Å². The van der Waals surface area contributed by atoms with E-state index in [1.165, 1.54) is 7.11 Å². The average Bonchev–Trinajstić information content (AvgIpc) is 2.26. The first-order chi connectivity index (χ1) is 7.17. The van der Waals surface area contributed by atoms with Gasteiger partial charge in [-0.05, 0) is 18.2 Å². The van der Waals surface area contributed by atoms with E-state index in [1.54, 1.807) is 18.2 Å². The van der Waals surface area contributed by atoms with Crippen LogP contribution in [0.25, 0.3) is 0 Å². The van der Waals surface area contributed by atoms with Crippen molar-refractivity contribution in [2.24, 2.45) is 0 Å². The summed E-state index contributed by atoms with van der Waals surface area (Å²) < 4.78 is 4.46. The Balaban J connectivity index is 2.80. The van der Waals surface area contributed by atoms with E-state index in [9.17, 15) is 4.79 Å². The second-order valence-electron chi connectivity index (χ2n) is 2.85. The molecule has 0 saturated carbocycles. The first kappa shape index (κ1) is 10.9. The Labute approximate surface area is 87.4 Å². The molecule has 0 fully saturated rings. The van der Waals surface area contributed by atoms with Crippen LogP contribution in [0, 0.1) is 11.3 Å². The Hall–Kier alpha value is -2.22. The van der Waals surface area contributed by atoms with Crippen molar-refractivity contribution < 1.29 is 9.53 Å². The van der Waals surface area contributed by atoms with Crippen LogP contribution in [0.2, 0.25) is 0 Å². The van der Waals surface area contributed by atoms with Gasteiger partial charge in [-0.3, -0.25) is 4.79 Å². The highest BCUT2D eigenvalue weighted by molar-refractivity contribution is 5.76. The normalized spacial score (nSPS) is 9.07. The molecule has 0 saturated heterocycles. The molecule has 0 aliphatic carbocycles. The Bertz CT molecular complexity index is 410. The molecule has 3 N–H and O–H groups in total. The number of carbonyl (C=O) groups excluding carboxylic acids is 1. The summed E-state index contributed by atoms with van der Waals surface area (Å²) in [6.07, 6.45) is 0. The number of carbonyl (C=O) groups is 1. The quantitative estimate of drug-likeness (QED) is 0.560. The van der Waals surface area contributed by atoms with Crippen molar-refractivity contribution in [2.75, 3.05) is 24.7 Å². The summed E-state index contributed by atoms with van der Waals surface area (Å²) in [4.78, 5) is 10.9. The van der Waals surface area contributed by atoms with Crippen LogP contribution in [0.5, 0.6) is 0 Å². The van der Waals surface area contributed by atoms with Crippen LogP contribution < -0.4 is 11.1 Å². The number of nitrogens with two attached hydrogens (primary N) is 1. The van der Waals surface area contributed by atoms with E-state index in [0.717, 1.165) is 0 Å². The molecule has 1 aromatic carbocycles. The van der Waals surface area contributed by atoms with Gasteiger partial charge in [-0.25, -0.2) is 0 Å². The number of methoxy groups -OCH3 is 1. The predicted octanol–water partition coefficient (Wildman–Crippen LogP) is 0.725. The van der Waals surface area contributed by atoms with Crippen molar-refractivity contribution in [3.05, 3.63) is 23.8 Å². The molecule has 0 unspecified atom stereocenters. The fourth-order valence-electron chi connectivity index (χ4n) is 1.05. The van der Waals surface area contributed by atoms with Crippen LogP contribution in [0.15, 0.2) is 18.2 Å². The molecule has 0 aliphatic rings. The van der Waals surface area contributed by atoms with Crippen molar-refractivity contribution in [1.29, 1.82) is 5.26 Å². The maximum atomic E-state index is 10.9. The fraction of sp³-hybridized carbons (Fsp3) is 0.200. The molecule has 5 nitrogen and oxygen atoms in total. The van der Waals surface area contributed by atoms with Crippen molar-refractivity contribution >= 4 is 17.3 Å². The summed E-state index contributed by atoms with van der Waals surface area (Å²) in [5, 5.41) is 11.6. The molecule has 0 atom stereocenters. The van der Waals surface area contributed by atoms with Crippen molar-refractivity contribution in [3.63, 3.8) is 0 Å². The summed E-state index contributed by atoms with van der Waals surface area (Å²) >= 11 is 0. The van der Waals surface area contributed by atoms with E-state index in [0.29, 0.717) is 16.9 Å². The molecule has 15 heavy (non-hydrogen) atoms. The molecule has 0 aliphatic heterocycles. The van der Waals surface area contributed by atoms with Crippen LogP contribution >= 0.6 is 0 Å². The van der Waals surface area contributed by atoms with Crippen LogP contribution in [0.4, 0.5) is 11.4 Å². The molecule has 0 bridgehead atoms. The lowest BCUT2D eigenvalue weighted by Gasteiger charge is -2.07. The zero-order chi connectivity index (χ0) is 11.3. The molecule has 0 amide bonds. The Morgan fingerprint density at radius 2 is 2.40 bits per heavy atom. The topological polar surface area (TPSA) is 88.1 Å². The van der Waals surface area contributed by atoms with Crippen LogP contribution in [-0.4, -0.2) is 19.6 Å². The monoisotopic (exact) mass is 205 g/mol. The number of rotatable bonds is 3. The molecular formula is C10H11N3O2. The summed E-state index contributed by atoms with van der Waals surface area (Å²) in [6.45, 7) is 0.00856. The third-order valence-corrected chi connectivity index (χ3v) is 1.81. The van der Waals surface area contributed by atoms with Crippen LogP contribution in [0.1, 0.15) is 5.56 Å². The Morgan fingerprint density at radius 1 is 1.67 bits per heavy atom. The zero-order valence-corrected chi connectivity index (χ0v) is 8.28. The maximum absolute atomic E-state index is 10.9. The number of esters is 1. The lowest BCUT2D eigenvalue weighted by molar-refractivity contribution is -0.138. The summed E-state index contributed by atoms with van der Waals surface area (Å²) in [5.74, 6) is -0.402. The number of nitrogen functional groups attached to an aromatic ring is 1. The van der Waals surface area contributed by atoms with Gasteiger partial charge in [0.25, 0.3) is 0 Å². The Kier molecular flexibility index (Phi) is 3.52. The number of nitrogens with one attached hydrogen (secondary N) is 1. The summed E-state index contributed by atoms with van der Waals surface area (Å²) in [6, 6.07) is 6.81. The minimum atomic E-state index is -0.402. The van der Waals surface area contributed by atoms with Crippen molar-refractivity contribution in [1.82, 2.24) is 0 Å². The zero-order valence-electron chi connectivity index (χ0n) is 8.28. The van der Waals surface area contributed by atoms with Gasteiger partial charge in [0, 0.05) is 5.69 Å². The Morgan fingerprint density at radius 3 is 3.00 bits per heavy atom. The first-order valence-corrected chi connectivity index (χ1v) is 4.27. The molecule has 0 aromatic heterocycles. The highest BCUT2D eigenvalue weighted by Crippen LogP contribution is 2.17. The summed E-state index contributed by atoms with van der Waals surface area (Å²) in [5.41, 5.74) is 7.05. The third kappa shape index (κ3) is 2.88. The molecule has 0 heterocycles.